The Kier molecular flexibility index (Phi) is 8.51. The largest absolute Gasteiger partial charge is 0.490 e. The molecule has 0 atom stereocenters. The van der Waals surface area contributed by atoms with Gasteiger partial charge in [-0.2, -0.15) is 5.10 Å². The van der Waals surface area contributed by atoms with Gasteiger partial charge in [-0.25, -0.2) is 4.98 Å². The summed E-state index contributed by atoms with van der Waals surface area (Å²) < 4.78 is 8.40. The first kappa shape index (κ1) is 28.0. The lowest BCUT2D eigenvalue weighted by Gasteiger charge is -2.35. The van der Waals surface area contributed by atoms with Crippen molar-refractivity contribution < 1.29 is 9.53 Å². The molecule has 8 heteroatoms. The molecule has 2 aliphatic heterocycles. The Labute approximate surface area is 248 Å². The molecule has 0 aliphatic carbocycles. The fraction of sp³-hybridized carbons (Fsp3) is 0.382. The standard InChI is InChI=1S/C34H40N6O2/c1-26-21-27(2)40(36-26)25-28-7-5-9-30(22-28)34(41)39-15-12-31(13-16-39)42-32-10-6-8-29(23-32)24-37-17-19-38(20-18-37)33-11-3-4-14-35-33/h3-11,14,21-23,31H,12-13,15-20,24-25H2,1-2H3. The van der Waals surface area contributed by atoms with Crippen molar-refractivity contribution in [1.29, 1.82) is 0 Å². The summed E-state index contributed by atoms with van der Waals surface area (Å²) in [6, 6.07) is 24.6. The van der Waals surface area contributed by atoms with Gasteiger partial charge >= 0.3 is 0 Å². The Morgan fingerprint density at radius 3 is 2.31 bits per heavy atom. The van der Waals surface area contributed by atoms with Crippen molar-refractivity contribution >= 4 is 11.7 Å². The molecule has 0 spiro atoms. The van der Waals surface area contributed by atoms with Crippen LogP contribution >= 0.6 is 0 Å². The SMILES string of the molecule is Cc1cc(C)n(Cc2cccc(C(=O)N3CCC(Oc4cccc(CN5CCN(c6ccccn6)CC5)c4)CC3)c2)n1. The summed E-state index contributed by atoms with van der Waals surface area (Å²) in [6.45, 7) is 11.0. The second-order valence-electron chi connectivity index (χ2n) is 11.5. The molecule has 2 aromatic heterocycles. The molecule has 6 rings (SSSR count). The van der Waals surface area contributed by atoms with E-state index in [1.54, 1.807) is 0 Å². The highest BCUT2D eigenvalue weighted by atomic mass is 16.5. The van der Waals surface area contributed by atoms with E-state index in [2.05, 4.69) is 63.2 Å². The first-order valence-corrected chi connectivity index (χ1v) is 15.0. The molecule has 4 aromatic rings. The van der Waals surface area contributed by atoms with Crippen LogP contribution in [0.25, 0.3) is 0 Å². The van der Waals surface area contributed by atoms with Gasteiger partial charge in [0.15, 0.2) is 0 Å². The molecule has 8 nitrogen and oxygen atoms in total. The quantitative estimate of drug-likeness (QED) is 0.302. The number of piperazine rings is 1. The molecular formula is C34H40N6O2. The number of piperidine rings is 1. The number of nitrogens with zero attached hydrogens (tertiary/aromatic N) is 6. The molecule has 0 N–H and O–H groups in total. The molecule has 218 valence electrons. The topological polar surface area (TPSA) is 66.7 Å². The number of benzene rings is 2. The minimum Gasteiger partial charge on any atom is -0.490 e. The molecule has 0 saturated carbocycles. The molecule has 2 saturated heterocycles. The lowest BCUT2D eigenvalue weighted by molar-refractivity contribution is 0.0595. The monoisotopic (exact) mass is 564 g/mol. The maximum atomic E-state index is 13.3. The zero-order chi connectivity index (χ0) is 28.9. The number of rotatable bonds is 8. The number of likely N-dealkylation sites (tertiary alicyclic amines) is 1. The lowest BCUT2D eigenvalue weighted by atomic mass is 10.0. The molecule has 0 bridgehead atoms. The Bertz CT molecular complexity index is 1490. The van der Waals surface area contributed by atoms with Gasteiger partial charge in [-0.1, -0.05) is 30.3 Å². The van der Waals surface area contributed by atoms with Gasteiger partial charge in [-0.3, -0.25) is 14.4 Å². The van der Waals surface area contributed by atoms with Crippen LogP contribution in [0.15, 0.2) is 79.0 Å². The normalized spacial score (nSPS) is 16.5. The number of carbonyl (C=O) groups is 1. The highest BCUT2D eigenvalue weighted by molar-refractivity contribution is 5.94. The van der Waals surface area contributed by atoms with Crippen LogP contribution in [0.2, 0.25) is 0 Å². The molecule has 2 fully saturated rings. The van der Waals surface area contributed by atoms with Gasteiger partial charge in [0.1, 0.15) is 17.7 Å². The van der Waals surface area contributed by atoms with Crippen molar-refractivity contribution in [3.05, 3.63) is 107 Å². The van der Waals surface area contributed by atoms with Crippen LogP contribution in [0.4, 0.5) is 5.82 Å². The Balaban J connectivity index is 0.981. The average Bonchev–Trinajstić information content (AvgIpc) is 3.34. The zero-order valence-corrected chi connectivity index (χ0v) is 24.7. The number of anilines is 1. The molecule has 42 heavy (non-hydrogen) atoms. The predicted molar refractivity (Wildman–Crippen MR) is 165 cm³/mol. The van der Waals surface area contributed by atoms with Gasteiger partial charge in [0.05, 0.1) is 12.2 Å². The van der Waals surface area contributed by atoms with Crippen molar-refractivity contribution in [3.63, 3.8) is 0 Å². The van der Waals surface area contributed by atoms with Crippen LogP contribution < -0.4 is 9.64 Å². The Hall–Kier alpha value is -4.17. The molecule has 0 radical (unpaired) electrons. The van der Waals surface area contributed by atoms with Gasteiger partial charge in [0, 0.05) is 76.1 Å². The molecule has 4 heterocycles. The van der Waals surface area contributed by atoms with Crippen LogP contribution in [0.3, 0.4) is 0 Å². The van der Waals surface area contributed by atoms with E-state index in [1.807, 2.05) is 59.1 Å². The van der Waals surface area contributed by atoms with E-state index in [1.165, 1.54) is 5.56 Å². The zero-order valence-electron chi connectivity index (χ0n) is 24.7. The fourth-order valence-corrected chi connectivity index (χ4v) is 6.01. The summed E-state index contributed by atoms with van der Waals surface area (Å²) in [5.74, 6) is 2.07. The van der Waals surface area contributed by atoms with Crippen LogP contribution in [0, 0.1) is 13.8 Å². The molecular weight excluding hydrogens is 524 g/mol. The lowest BCUT2D eigenvalue weighted by Crippen LogP contribution is -2.46. The summed E-state index contributed by atoms with van der Waals surface area (Å²) in [7, 11) is 0. The van der Waals surface area contributed by atoms with Gasteiger partial charge in [-0.15, -0.1) is 0 Å². The maximum absolute atomic E-state index is 13.3. The second kappa shape index (κ2) is 12.8. The van der Waals surface area contributed by atoms with E-state index < -0.39 is 0 Å². The number of aryl methyl sites for hydroxylation is 2. The number of amides is 1. The predicted octanol–water partition coefficient (Wildman–Crippen LogP) is 4.95. The van der Waals surface area contributed by atoms with Crippen molar-refractivity contribution in [2.24, 2.45) is 0 Å². The van der Waals surface area contributed by atoms with Crippen molar-refractivity contribution in [2.45, 2.75) is 45.9 Å². The van der Waals surface area contributed by atoms with E-state index in [9.17, 15) is 4.79 Å². The van der Waals surface area contributed by atoms with Gasteiger partial charge in [-0.05, 0) is 67.4 Å². The highest BCUT2D eigenvalue weighted by Crippen LogP contribution is 2.23. The van der Waals surface area contributed by atoms with Crippen LogP contribution in [0.5, 0.6) is 5.75 Å². The third kappa shape index (κ3) is 6.82. The molecule has 0 unspecified atom stereocenters. The summed E-state index contributed by atoms with van der Waals surface area (Å²) >= 11 is 0. The Morgan fingerprint density at radius 2 is 1.60 bits per heavy atom. The van der Waals surface area contributed by atoms with Crippen LogP contribution in [0.1, 0.15) is 45.7 Å². The number of carbonyl (C=O) groups excluding carboxylic acids is 1. The van der Waals surface area contributed by atoms with Gasteiger partial charge < -0.3 is 14.5 Å². The van der Waals surface area contributed by atoms with Crippen molar-refractivity contribution in [3.8, 4) is 5.75 Å². The fourth-order valence-electron chi connectivity index (χ4n) is 6.01. The number of hydrogen-bond acceptors (Lipinski definition) is 6. The maximum Gasteiger partial charge on any atom is 0.253 e. The number of aromatic nitrogens is 3. The first-order valence-electron chi connectivity index (χ1n) is 15.0. The summed E-state index contributed by atoms with van der Waals surface area (Å²) in [6.07, 6.45) is 3.64. The van der Waals surface area contributed by atoms with E-state index >= 15 is 0 Å². The van der Waals surface area contributed by atoms with Crippen LogP contribution in [-0.2, 0) is 13.1 Å². The summed E-state index contributed by atoms with van der Waals surface area (Å²) in [4.78, 5) is 24.6. The number of hydrogen-bond donors (Lipinski definition) is 0. The van der Waals surface area contributed by atoms with Gasteiger partial charge in [0.2, 0.25) is 0 Å². The first-order chi connectivity index (χ1) is 20.5. The summed E-state index contributed by atoms with van der Waals surface area (Å²) in [5, 5.41) is 4.56. The smallest absolute Gasteiger partial charge is 0.253 e. The molecule has 2 aliphatic rings. The van der Waals surface area contributed by atoms with Crippen molar-refractivity contribution in [1.82, 2.24) is 24.6 Å². The number of ether oxygens (including phenoxy) is 1. The summed E-state index contributed by atoms with van der Waals surface area (Å²) in [5.41, 5.74) is 5.22. The Morgan fingerprint density at radius 1 is 0.833 bits per heavy atom. The van der Waals surface area contributed by atoms with Gasteiger partial charge in [0.25, 0.3) is 5.91 Å². The van der Waals surface area contributed by atoms with E-state index in [-0.39, 0.29) is 12.0 Å². The third-order valence-corrected chi connectivity index (χ3v) is 8.29. The minimum atomic E-state index is 0.0915. The van der Waals surface area contributed by atoms with Crippen LogP contribution in [-0.4, -0.2) is 75.8 Å². The number of pyridine rings is 1. The van der Waals surface area contributed by atoms with Crippen molar-refractivity contribution in [2.75, 3.05) is 44.2 Å². The van der Waals surface area contributed by atoms with E-state index in [4.69, 9.17) is 4.74 Å². The van der Waals surface area contributed by atoms with E-state index in [0.29, 0.717) is 19.6 Å². The molecule has 2 aromatic carbocycles. The average molecular weight is 565 g/mol. The third-order valence-electron chi connectivity index (χ3n) is 8.29. The van der Waals surface area contributed by atoms with E-state index in [0.717, 1.165) is 79.6 Å². The highest BCUT2D eigenvalue weighted by Gasteiger charge is 2.25. The molecule has 1 amide bonds. The second-order valence-corrected chi connectivity index (χ2v) is 11.5. The minimum absolute atomic E-state index is 0.0915.